The van der Waals surface area contributed by atoms with Gasteiger partial charge in [0.05, 0.1) is 0 Å². The van der Waals surface area contributed by atoms with Crippen molar-refractivity contribution in [1.29, 1.82) is 0 Å². The van der Waals surface area contributed by atoms with Crippen molar-refractivity contribution in [3.8, 4) is 11.5 Å². The number of sulfonamides is 1. The van der Waals surface area contributed by atoms with Gasteiger partial charge < -0.3 is 9.32 Å². The van der Waals surface area contributed by atoms with E-state index < -0.39 is 27.9 Å². The van der Waals surface area contributed by atoms with Gasteiger partial charge in [-0.1, -0.05) is 0 Å². The monoisotopic (exact) mass is 406 g/mol. The standard InChI is InChI=1S/C15H17F3N4O4S/c1-8-14(23)21(3)4-5-22(8)27(24,25)12-7-11(26-9(12)2)10-6-13(20-19-10)15(16,17)18/h6-8H,4-5H2,1-3H3,(H,19,20)/t8-/m0/s1. The number of rotatable bonds is 3. The summed E-state index contributed by atoms with van der Waals surface area (Å²) in [5.74, 6) is -0.459. The Morgan fingerprint density at radius 3 is 2.56 bits per heavy atom. The summed E-state index contributed by atoms with van der Waals surface area (Å²) in [5.41, 5.74) is -1.25. The van der Waals surface area contributed by atoms with Gasteiger partial charge in [-0.2, -0.15) is 22.6 Å². The summed E-state index contributed by atoms with van der Waals surface area (Å²) in [7, 11) is -2.49. The molecule has 1 aliphatic rings. The van der Waals surface area contributed by atoms with E-state index in [0.717, 1.165) is 16.4 Å². The largest absolute Gasteiger partial charge is 0.458 e. The Hall–Kier alpha value is -2.34. The molecule has 0 unspecified atom stereocenters. The van der Waals surface area contributed by atoms with Crippen LogP contribution in [-0.2, 0) is 21.0 Å². The molecule has 0 saturated carbocycles. The van der Waals surface area contributed by atoms with Crippen molar-refractivity contribution in [2.24, 2.45) is 0 Å². The van der Waals surface area contributed by atoms with Gasteiger partial charge in [0.2, 0.25) is 15.9 Å². The highest BCUT2D eigenvalue weighted by Gasteiger charge is 2.40. The molecule has 2 aromatic rings. The Kier molecular flexibility index (Phi) is 4.58. The Balaban J connectivity index is 1.96. The minimum absolute atomic E-state index is 0.000126. The van der Waals surface area contributed by atoms with E-state index in [0.29, 0.717) is 0 Å². The second kappa shape index (κ2) is 6.37. The van der Waals surface area contributed by atoms with Crippen LogP contribution in [0, 0.1) is 6.92 Å². The number of aromatic amines is 1. The molecule has 0 aromatic carbocycles. The van der Waals surface area contributed by atoms with Crippen molar-refractivity contribution in [1.82, 2.24) is 19.4 Å². The summed E-state index contributed by atoms with van der Waals surface area (Å²) in [5, 5.41) is 5.38. The Morgan fingerprint density at radius 1 is 1.30 bits per heavy atom. The molecule has 8 nitrogen and oxygen atoms in total. The van der Waals surface area contributed by atoms with Gasteiger partial charge in [-0.3, -0.25) is 9.89 Å². The van der Waals surface area contributed by atoms with E-state index in [1.165, 1.54) is 18.7 Å². The zero-order valence-corrected chi connectivity index (χ0v) is 15.5. The van der Waals surface area contributed by atoms with Gasteiger partial charge in [0.15, 0.2) is 5.76 Å². The first-order valence-corrected chi connectivity index (χ1v) is 9.37. The SMILES string of the molecule is Cc1oc(-c2cc(C(F)(F)F)[nH]n2)cc1S(=O)(=O)N1CCN(C)C(=O)[C@@H]1C. The van der Waals surface area contributed by atoms with E-state index in [2.05, 4.69) is 5.10 Å². The van der Waals surface area contributed by atoms with Gasteiger partial charge >= 0.3 is 6.18 Å². The predicted octanol–water partition coefficient (Wildman–Crippen LogP) is 1.85. The van der Waals surface area contributed by atoms with Gasteiger partial charge in [0.25, 0.3) is 0 Å². The molecule has 1 saturated heterocycles. The van der Waals surface area contributed by atoms with Gasteiger partial charge in [0.1, 0.15) is 28.1 Å². The van der Waals surface area contributed by atoms with Crippen molar-refractivity contribution < 1.29 is 30.8 Å². The number of aromatic nitrogens is 2. The number of amides is 1. The lowest BCUT2D eigenvalue weighted by molar-refractivity contribution is -0.141. The molecule has 27 heavy (non-hydrogen) atoms. The number of hydrogen-bond donors (Lipinski definition) is 1. The van der Waals surface area contributed by atoms with Crippen LogP contribution in [0.3, 0.4) is 0 Å². The fraction of sp³-hybridized carbons (Fsp3) is 0.467. The molecule has 1 amide bonds. The maximum atomic E-state index is 13.0. The Morgan fingerprint density at radius 2 is 1.96 bits per heavy atom. The first kappa shape index (κ1) is 19.4. The van der Waals surface area contributed by atoms with Crippen LogP contribution in [-0.4, -0.2) is 59.9 Å². The Labute approximate surface area is 153 Å². The molecule has 1 N–H and O–H groups in total. The number of hydrogen-bond acceptors (Lipinski definition) is 5. The van der Waals surface area contributed by atoms with Crippen LogP contribution in [0.15, 0.2) is 21.4 Å². The number of halogens is 3. The summed E-state index contributed by atoms with van der Waals surface area (Å²) in [6, 6.07) is 0.960. The number of aryl methyl sites for hydroxylation is 1. The smallest absolute Gasteiger partial charge is 0.432 e. The van der Waals surface area contributed by atoms with Crippen molar-refractivity contribution in [2.45, 2.75) is 31.0 Å². The summed E-state index contributed by atoms with van der Waals surface area (Å²) >= 11 is 0. The number of likely N-dealkylation sites (N-methyl/N-ethyl adjacent to an activating group) is 1. The van der Waals surface area contributed by atoms with Crippen molar-refractivity contribution in [2.75, 3.05) is 20.1 Å². The summed E-state index contributed by atoms with van der Waals surface area (Å²) in [6.07, 6.45) is -4.61. The second-order valence-corrected chi connectivity index (χ2v) is 8.11. The lowest BCUT2D eigenvalue weighted by Gasteiger charge is -2.36. The van der Waals surface area contributed by atoms with E-state index in [1.807, 2.05) is 5.10 Å². The molecule has 0 spiro atoms. The lowest BCUT2D eigenvalue weighted by atomic mass is 10.2. The van der Waals surface area contributed by atoms with Crippen LogP contribution in [0.4, 0.5) is 13.2 Å². The van der Waals surface area contributed by atoms with Gasteiger partial charge in [-0.15, -0.1) is 0 Å². The molecule has 1 atom stereocenters. The predicted molar refractivity (Wildman–Crippen MR) is 87.0 cm³/mol. The minimum Gasteiger partial charge on any atom is -0.458 e. The average molecular weight is 406 g/mol. The van der Waals surface area contributed by atoms with E-state index >= 15 is 0 Å². The van der Waals surface area contributed by atoms with Crippen molar-refractivity contribution >= 4 is 15.9 Å². The number of piperazine rings is 1. The van der Waals surface area contributed by atoms with E-state index in [4.69, 9.17) is 4.42 Å². The number of carbonyl (C=O) groups is 1. The zero-order valence-electron chi connectivity index (χ0n) is 14.7. The summed E-state index contributed by atoms with van der Waals surface area (Å²) in [4.78, 5) is 13.3. The molecule has 0 aliphatic carbocycles. The van der Waals surface area contributed by atoms with E-state index in [1.54, 1.807) is 7.05 Å². The quantitative estimate of drug-likeness (QED) is 0.839. The molecule has 1 fully saturated rings. The van der Waals surface area contributed by atoms with Crippen LogP contribution in [0.5, 0.6) is 0 Å². The minimum atomic E-state index is -4.61. The number of nitrogens with zero attached hydrogens (tertiary/aromatic N) is 3. The fourth-order valence-electron chi connectivity index (χ4n) is 2.89. The van der Waals surface area contributed by atoms with Crippen molar-refractivity contribution in [3.63, 3.8) is 0 Å². The van der Waals surface area contributed by atoms with Crippen molar-refractivity contribution in [3.05, 3.63) is 23.6 Å². The van der Waals surface area contributed by atoms with Crippen LogP contribution >= 0.6 is 0 Å². The number of furan rings is 1. The molecule has 148 valence electrons. The molecule has 3 heterocycles. The third-order valence-electron chi connectivity index (χ3n) is 4.42. The van der Waals surface area contributed by atoms with E-state index in [9.17, 15) is 26.4 Å². The third kappa shape index (κ3) is 3.34. The molecular weight excluding hydrogens is 389 g/mol. The number of H-pyrrole nitrogens is 1. The molecule has 12 heteroatoms. The van der Waals surface area contributed by atoms with Gasteiger partial charge in [-0.05, 0) is 19.9 Å². The normalized spacial score (nSPS) is 19.7. The molecule has 1 aliphatic heterocycles. The maximum Gasteiger partial charge on any atom is 0.432 e. The zero-order chi connectivity index (χ0) is 20.1. The first-order valence-electron chi connectivity index (χ1n) is 7.93. The highest BCUT2D eigenvalue weighted by Crippen LogP contribution is 2.34. The fourth-order valence-corrected chi connectivity index (χ4v) is 4.63. The maximum absolute atomic E-state index is 13.0. The van der Waals surface area contributed by atoms with E-state index in [-0.39, 0.29) is 41.1 Å². The van der Waals surface area contributed by atoms with Crippen LogP contribution in [0.25, 0.3) is 11.5 Å². The average Bonchev–Trinajstić information content (AvgIpc) is 3.18. The van der Waals surface area contributed by atoms with Gasteiger partial charge in [-0.25, -0.2) is 8.42 Å². The first-order chi connectivity index (χ1) is 12.4. The van der Waals surface area contributed by atoms with Crippen LogP contribution in [0.2, 0.25) is 0 Å². The van der Waals surface area contributed by atoms with Crippen LogP contribution < -0.4 is 0 Å². The van der Waals surface area contributed by atoms with Crippen LogP contribution in [0.1, 0.15) is 18.4 Å². The third-order valence-corrected chi connectivity index (χ3v) is 6.49. The molecule has 0 bridgehead atoms. The number of carbonyl (C=O) groups excluding carboxylic acids is 1. The second-order valence-electron chi connectivity index (χ2n) is 6.25. The molecule has 3 rings (SSSR count). The number of nitrogens with one attached hydrogen (secondary N) is 1. The lowest BCUT2D eigenvalue weighted by Crippen LogP contribution is -2.56. The van der Waals surface area contributed by atoms with Gasteiger partial charge in [0, 0.05) is 26.2 Å². The highest BCUT2D eigenvalue weighted by molar-refractivity contribution is 7.89. The Bertz CT molecular complexity index is 980. The summed E-state index contributed by atoms with van der Waals surface area (Å²) in [6.45, 7) is 3.21. The number of alkyl halides is 3. The summed E-state index contributed by atoms with van der Waals surface area (Å²) < 4.78 is 70.4. The molecule has 2 aromatic heterocycles. The molecule has 0 radical (unpaired) electrons. The topological polar surface area (TPSA) is 99.5 Å². The highest BCUT2D eigenvalue weighted by atomic mass is 32.2. The molecular formula is C15H17F3N4O4S.